The summed E-state index contributed by atoms with van der Waals surface area (Å²) in [6.45, 7) is 11.2. The molecule has 0 aromatic carbocycles. The molecule has 0 N–H and O–H groups in total. The number of nitrogens with zero attached hydrogens (tertiary/aromatic N) is 2. The molecule has 1 atom stereocenters. The van der Waals surface area contributed by atoms with Gasteiger partial charge in [-0.05, 0) is 27.2 Å². The van der Waals surface area contributed by atoms with Crippen LogP contribution < -0.4 is 0 Å². The number of hydrogen-bond donors (Lipinski definition) is 0. The van der Waals surface area contributed by atoms with E-state index in [1.807, 2.05) is 0 Å². The van der Waals surface area contributed by atoms with Crippen molar-refractivity contribution in [3.05, 3.63) is 17.7 Å². The van der Waals surface area contributed by atoms with E-state index in [1.54, 1.807) is 0 Å². The normalized spacial score (nSPS) is 13.0. The predicted molar refractivity (Wildman–Crippen MR) is 97.6 cm³/mol. The summed E-state index contributed by atoms with van der Waals surface area (Å²) < 4.78 is 2.35. The topological polar surface area (TPSA) is 17.8 Å². The molecule has 128 valence electrons. The summed E-state index contributed by atoms with van der Waals surface area (Å²) in [6.07, 6.45) is 16.1. The highest BCUT2D eigenvalue weighted by Crippen LogP contribution is 2.24. The van der Waals surface area contributed by atoms with Crippen molar-refractivity contribution in [2.24, 2.45) is 0 Å². The van der Waals surface area contributed by atoms with Crippen molar-refractivity contribution in [1.82, 2.24) is 9.55 Å². The molecular weight excluding hydrogens is 268 g/mol. The molecule has 1 aromatic heterocycles. The molecular formula is C20H38N2. The number of aromatic nitrogens is 2. The Labute approximate surface area is 138 Å². The molecule has 0 aliphatic rings. The van der Waals surface area contributed by atoms with Crippen molar-refractivity contribution in [2.75, 3.05) is 0 Å². The summed E-state index contributed by atoms with van der Waals surface area (Å²) in [7, 11) is 0. The van der Waals surface area contributed by atoms with E-state index in [-0.39, 0.29) is 0 Å². The zero-order chi connectivity index (χ0) is 16.4. The van der Waals surface area contributed by atoms with E-state index in [9.17, 15) is 0 Å². The molecule has 0 saturated carbocycles. The van der Waals surface area contributed by atoms with Gasteiger partial charge in [-0.2, -0.15) is 0 Å². The van der Waals surface area contributed by atoms with Crippen molar-refractivity contribution >= 4 is 0 Å². The van der Waals surface area contributed by atoms with Gasteiger partial charge < -0.3 is 4.57 Å². The van der Waals surface area contributed by atoms with Crippen LogP contribution in [-0.4, -0.2) is 9.55 Å². The van der Waals surface area contributed by atoms with Crippen LogP contribution in [-0.2, 0) is 0 Å². The van der Waals surface area contributed by atoms with Gasteiger partial charge in [0.05, 0.1) is 5.69 Å². The van der Waals surface area contributed by atoms with Gasteiger partial charge in [-0.25, -0.2) is 4.98 Å². The second-order valence-electron chi connectivity index (χ2n) is 7.26. The minimum Gasteiger partial charge on any atom is -0.332 e. The van der Waals surface area contributed by atoms with Crippen molar-refractivity contribution in [1.29, 1.82) is 0 Å². The van der Waals surface area contributed by atoms with Crippen LogP contribution in [0.1, 0.15) is 115 Å². The number of imidazole rings is 1. The van der Waals surface area contributed by atoms with E-state index in [0.29, 0.717) is 12.0 Å². The van der Waals surface area contributed by atoms with Crippen LogP contribution in [0.5, 0.6) is 0 Å². The van der Waals surface area contributed by atoms with Crippen LogP contribution in [0.15, 0.2) is 6.20 Å². The lowest BCUT2D eigenvalue weighted by Gasteiger charge is -2.16. The fourth-order valence-corrected chi connectivity index (χ4v) is 3.20. The summed E-state index contributed by atoms with van der Waals surface area (Å²) in [5, 5.41) is 0. The maximum Gasteiger partial charge on any atom is 0.112 e. The Morgan fingerprint density at radius 2 is 1.45 bits per heavy atom. The lowest BCUT2D eigenvalue weighted by Crippen LogP contribution is -2.08. The van der Waals surface area contributed by atoms with Crippen molar-refractivity contribution in [3.63, 3.8) is 0 Å². The molecule has 0 radical (unpaired) electrons. The number of hydrogen-bond acceptors (Lipinski definition) is 1. The molecule has 1 rings (SSSR count). The Bertz CT molecular complexity index is 392. The minimum atomic E-state index is 0.516. The van der Waals surface area contributed by atoms with Crippen LogP contribution in [0.25, 0.3) is 0 Å². The Morgan fingerprint density at radius 1 is 0.909 bits per heavy atom. The molecule has 1 unspecified atom stereocenters. The first-order chi connectivity index (χ1) is 10.6. The van der Waals surface area contributed by atoms with Gasteiger partial charge in [-0.3, -0.25) is 0 Å². The highest BCUT2D eigenvalue weighted by atomic mass is 15.1. The molecule has 2 heteroatoms. The lowest BCUT2D eigenvalue weighted by molar-refractivity contribution is 0.496. The van der Waals surface area contributed by atoms with Crippen LogP contribution >= 0.6 is 0 Å². The molecule has 1 heterocycles. The third-order valence-corrected chi connectivity index (χ3v) is 4.62. The van der Waals surface area contributed by atoms with Crippen molar-refractivity contribution in [2.45, 2.75) is 111 Å². The molecule has 0 bridgehead atoms. The van der Waals surface area contributed by atoms with Crippen molar-refractivity contribution < 1.29 is 0 Å². The van der Waals surface area contributed by atoms with Gasteiger partial charge in [0.2, 0.25) is 0 Å². The van der Waals surface area contributed by atoms with Gasteiger partial charge in [0, 0.05) is 18.2 Å². The van der Waals surface area contributed by atoms with Crippen LogP contribution in [0.4, 0.5) is 0 Å². The Hall–Kier alpha value is -0.790. The standard InChI is InChI=1S/C20H38N2/c1-6-7-8-9-10-11-12-13-14-15-18(4)20-21-19(5)16-22(20)17(2)3/h16-18H,6-15H2,1-5H3. The van der Waals surface area contributed by atoms with Crippen molar-refractivity contribution in [3.8, 4) is 0 Å². The highest BCUT2D eigenvalue weighted by Gasteiger charge is 2.15. The molecule has 2 nitrogen and oxygen atoms in total. The monoisotopic (exact) mass is 306 g/mol. The second kappa shape index (κ2) is 10.9. The van der Waals surface area contributed by atoms with Crippen LogP contribution in [0.3, 0.4) is 0 Å². The Kier molecular flexibility index (Phi) is 9.50. The molecule has 0 aliphatic carbocycles. The van der Waals surface area contributed by atoms with Gasteiger partial charge in [0.1, 0.15) is 5.82 Å². The average Bonchev–Trinajstić information content (AvgIpc) is 2.87. The van der Waals surface area contributed by atoms with Gasteiger partial charge in [0.15, 0.2) is 0 Å². The largest absolute Gasteiger partial charge is 0.332 e. The molecule has 0 fully saturated rings. The fourth-order valence-electron chi connectivity index (χ4n) is 3.20. The summed E-state index contributed by atoms with van der Waals surface area (Å²) in [5.41, 5.74) is 1.16. The first-order valence-electron chi connectivity index (χ1n) is 9.61. The summed E-state index contributed by atoms with van der Waals surface area (Å²) in [5.74, 6) is 1.87. The first-order valence-corrected chi connectivity index (χ1v) is 9.61. The minimum absolute atomic E-state index is 0.516. The third-order valence-electron chi connectivity index (χ3n) is 4.62. The average molecular weight is 307 g/mol. The van der Waals surface area contributed by atoms with Crippen LogP contribution in [0.2, 0.25) is 0 Å². The quantitative estimate of drug-likeness (QED) is 0.388. The lowest BCUT2D eigenvalue weighted by atomic mass is 10.0. The number of rotatable bonds is 12. The molecule has 0 spiro atoms. The second-order valence-corrected chi connectivity index (χ2v) is 7.26. The van der Waals surface area contributed by atoms with E-state index in [0.717, 1.165) is 5.69 Å². The highest BCUT2D eigenvalue weighted by molar-refractivity contribution is 5.07. The van der Waals surface area contributed by atoms with E-state index in [4.69, 9.17) is 4.98 Å². The maximum absolute atomic E-state index is 4.75. The number of aryl methyl sites for hydroxylation is 1. The maximum atomic E-state index is 4.75. The zero-order valence-corrected chi connectivity index (χ0v) is 15.7. The summed E-state index contributed by atoms with van der Waals surface area (Å²) in [6, 6.07) is 0.516. The number of unbranched alkanes of at least 4 members (excludes halogenated alkanes) is 8. The van der Waals surface area contributed by atoms with Crippen LogP contribution in [0, 0.1) is 6.92 Å². The van der Waals surface area contributed by atoms with E-state index < -0.39 is 0 Å². The van der Waals surface area contributed by atoms with Gasteiger partial charge in [-0.15, -0.1) is 0 Å². The SMILES string of the molecule is CCCCCCCCCCCC(C)c1nc(C)cn1C(C)C. The molecule has 1 aromatic rings. The smallest absolute Gasteiger partial charge is 0.112 e. The summed E-state index contributed by atoms with van der Waals surface area (Å²) in [4.78, 5) is 4.75. The van der Waals surface area contributed by atoms with Gasteiger partial charge >= 0.3 is 0 Å². The molecule has 0 saturated heterocycles. The van der Waals surface area contributed by atoms with E-state index in [2.05, 4.69) is 45.4 Å². The molecule has 0 amide bonds. The molecule has 0 aliphatic heterocycles. The zero-order valence-electron chi connectivity index (χ0n) is 15.7. The first kappa shape index (κ1) is 19.3. The Morgan fingerprint density at radius 3 is 2.00 bits per heavy atom. The third kappa shape index (κ3) is 6.98. The molecule has 22 heavy (non-hydrogen) atoms. The fraction of sp³-hybridized carbons (Fsp3) is 0.850. The van der Waals surface area contributed by atoms with Gasteiger partial charge in [0.25, 0.3) is 0 Å². The summed E-state index contributed by atoms with van der Waals surface area (Å²) >= 11 is 0. The van der Waals surface area contributed by atoms with E-state index in [1.165, 1.54) is 70.0 Å². The predicted octanol–water partition coefficient (Wildman–Crippen LogP) is 6.80. The van der Waals surface area contributed by atoms with Gasteiger partial charge in [-0.1, -0.05) is 71.6 Å². The Balaban J connectivity index is 2.17. The van der Waals surface area contributed by atoms with E-state index >= 15 is 0 Å².